The Hall–Kier alpha value is -1.09. The highest BCUT2D eigenvalue weighted by Crippen LogP contribution is 2.23. The lowest BCUT2D eigenvalue weighted by atomic mass is 9.98. The minimum absolute atomic E-state index is 0.560. The molecule has 0 amide bonds. The molecule has 0 aliphatic heterocycles. The molecular weight excluding hydrogens is 242 g/mol. The summed E-state index contributed by atoms with van der Waals surface area (Å²) in [6.45, 7) is 7.27. The van der Waals surface area contributed by atoms with Crippen LogP contribution in [0, 0.1) is 6.92 Å². The van der Waals surface area contributed by atoms with E-state index in [1.165, 1.54) is 11.1 Å². The average molecular weight is 265 g/mol. The van der Waals surface area contributed by atoms with Crippen molar-refractivity contribution in [2.45, 2.75) is 46.0 Å². The zero-order valence-corrected chi connectivity index (χ0v) is 12.3. The van der Waals surface area contributed by atoms with Gasteiger partial charge in [0.25, 0.3) is 0 Å². The van der Waals surface area contributed by atoms with Gasteiger partial charge in [0.05, 0.1) is 11.6 Å². The minimum Gasteiger partial charge on any atom is -0.494 e. The van der Waals surface area contributed by atoms with E-state index in [1.807, 2.05) is 0 Å². The Kier molecular flexibility index (Phi) is 6.13. The van der Waals surface area contributed by atoms with Crippen molar-refractivity contribution in [2.75, 3.05) is 6.61 Å². The van der Waals surface area contributed by atoms with E-state index in [9.17, 15) is 0 Å². The van der Waals surface area contributed by atoms with E-state index in [2.05, 4.69) is 39.0 Å². The SMILES string of the molecule is Cc1cc(OCCCCC(N)=S)ccc1C(C)C. The first-order valence-corrected chi connectivity index (χ1v) is 6.93. The molecule has 0 saturated carbocycles. The van der Waals surface area contributed by atoms with Crippen LogP contribution in [0.15, 0.2) is 18.2 Å². The number of nitrogens with two attached hydrogens (primary N) is 1. The highest BCUT2D eigenvalue weighted by atomic mass is 32.1. The first-order chi connectivity index (χ1) is 8.50. The van der Waals surface area contributed by atoms with Gasteiger partial charge in [0.1, 0.15) is 5.75 Å². The summed E-state index contributed by atoms with van der Waals surface area (Å²) in [6, 6.07) is 6.32. The molecule has 0 saturated heterocycles. The molecule has 0 fully saturated rings. The van der Waals surface area contributed by atoms with Crippen LogP contribution in [0.1, 0.15) is 50.2 Å². The monoisotopic (exact) mass is 265 g/mol. The Balaban J connectivity index is 2.39. The summed E-state index contributed by atoms with van der Waals surface area (Å²) in [6.07, 6.45) is 2.80. The highest BCUT2D eigenvalue weighted by Gasteiger charge is 2.04. The van der Waals surface area contributed by atoms with E-state index < -0.39 is 0 Å². The molecule has 0 atom stereocenters. The van der Waals surface area contributed by atoms with E-state index >= 15 is 0 Å². The number of rotatable bonds is 7. The Bertz CT molecular complexity index is 401. The first kappa shape index (κ1) is 15.0. The Morgan fingerprint density at radius 3 is 2.61 bits per heavy atom. The molecule has 0 unspecified atom stereocenters. The van der Waals surface area contributed by atoms with Crippen molar-refractivity contribution < 1.29 is 4.74 Å². The Labute approximate surface area is 116 Å². The maximum absolute atomic E-state index is 5.72. The summed E-state index contributed by atoms with van der Waals surface area (Å²) < 4.78 is 5.72. The van der Waals surface area contributed by atoms with Crippen LogP contribution in [0.4, 0.5) is 0 Å². The number of thiocarbonyl (C=S) groups is 1. The number of hydrogen-bond donors (Lipinski definition) is 1. The van der Waals surface area contributed by atoms with Crippen molar-refractivity contribution in [1.82, 2.24) is 0 Å². The second kappa shape index (κ2) is 7.37. The third-order valence-electron chi connectivity index (χ3n) is 2.95. The first-order valence-electron chi connectivity index (χ1n) is 6.52. The molecule has 1 rings (SSSR count). The smallest absolute Gasteiger partial charge is 0.119 e. The van der Waals surface area contributed by atoms with Gasteiger partial charge in [0, 0.05) is 0 Å². The fourth-order valence-corrected chi connectivity index (χ4v) is 2.12. The zero-order valence-electron chi connectivity index (χ0n) is 11.5. The summed E-state index contributed by atoms with van der Waals surface area (Å²) in [7, 11) is 0. The summed E-state index contributed by atoms with van der Waals surface area (Å²) >= 11 is 4.83. The van der Waals surface area contributed by atoms with Crippen molar-refractivity contribution in [3.05, 3.63) is 29.3 Å². The van der Waals surface area contributed by atoms with Crippen molar-refractivity contribution in [2.24, 2.45) is 5.73 Å². The summed E-state index contributed by atoms with van der Waals surface area (Å²) in [4.78, 5) is 0.590. The maximum atomic E-state index is 5.72. The molecule has 0 aliphatic carbocycles. The molecule has 2 N–H and O–H groups in total. The number of aryl methyl sites for hydroxylation is 1. The molecule has 18 heavy (non-hydrogen) atoms. The second-order valence-corrected chi connectivity index (χ2v) is 5.47. The standard InChI is InChI=1S/C15H23NOS/c1-11(2)14-8-7-13(10-12(14)3)17-9-5-4-6-15(16)18/h7-8,10-11H,4-6,9H2,1-3H3,(H2,16,18). The van der Waals surface area contributed by atoms with Crippen LogP contribution in [0.25, 0.3) is 0 Å². The summed E-state index contributed by atoms with van der Waals surface area (Å²) in [5, 5.41) is 0. The quantitative estimate of drug-likeness (QED) is 0.599. The third-order valence-corrected chi connectivity index (χ3v) is 3.15. The molecule has 0 spiro atoms. The zero-order chi connectivity index (χ0) is 13.5. The van der Waals surface area contributed by atoms with Crippen LogP contribution in [-0.4, -0.2) is 11.6 Å². The van der Waals surface area contributed by atoms with Gasteiger partial charge in [-0.05, 0) is 55.4 Å². The van der Waals surface area contributed by atoms with Gasteiger partial charge in [0.15, 0.2) is 0 Å². The van der Waals surface area contributed by atoms with Gasteiger partial charge >= 0.3 is 0 Å². The lowest BCUT2D eigenvalue weighted by molar-refractivity contribution is 0.307. The van der Waals surface area contributed by atoms with Gasteiger partial charge in [0.2, 0.25) is 0 Å². The molecular formula is C15H23NOS. The van der Waals surface area contributed by atoms with Crippen LogP contribution in [-0.2, 0) is 0 Å². The van der Waals surface area contributed by atoms with Gasteiger partial charge in [-0.15, -0.1) is 0 Å². The van der Waals surface area contributed by atoms with Crippen molar-refractivity contribution in [1.29, 1.82) is 0 Å². The van der Waals surface area contributed by atoms with Crippen LogP contribution in [0.2, 0.25) is 0 Å². The fraction of sp³-hybridized carbons (Fsp3) is 0.533. The van der Waals surface area contributed by atoms with Gasteiger partial charge in [-0.1, -0.05) is 32.1 Å². The Morgan fingerprint density at radius 2 is 2.06 bits per heavy atom. The molecule has 100 valence electrons. The molecule has 1 aromatic rings. The van der Waals surface area contributed by atoms with Crippen molar-refractivity contribution in [3.63, 3.8) is 0 Å². The molecule has 0 heterocycles. The predicted molar refractivity (Wildman–Crippen MR) is 81.4 cm³/mol. The van der Waals surface area contributed by atoms with Crippen LogP contribution < -0.4 is 10.5 Å². The van der Waals surface area contributed by atoms with Crippen LogP contribution >= 0.6 is 12.2 Å². The number of benzene rings is 1. The predicted octanol–water partition coefficient (Wildman–Crippen LogP) is 3.95. The topological polar surface area (TPSA) is 35.2 Å². The largest absolute Gasteiger partial charge is 0.494 e. The van der Waals surface area contributed by atoms with E-state index in [-0.39, 0.29) is 0 Å². The lowest BCUT2D eigenvalue weighted by Gasteiger charge is -2.12. The van der Waals surface area contributed by atoms with Gasteiger partial charge < -0.3 is 10.5 Å². The highest BCUT2D eigenvalue weighted by molar-refractivity contribution is 7.80. The van der Waals surface area contributed by atoms with E-state index in [0.717, 1.165) is 31.6 Å². The van der Waals surface area contributed by atoms with Crippen LogP contribution in [0.5, 0.6) is 5.75 Å². The fourth-order valence-electron chi connectivity index (χ4n) is 1.98. The molecule has 3 heteroatoms. The van der Waals surface area contributed by atoms with Crippen molar-refractivity contribution >= 4 is 17.2 Å². The van der Waals surface area contributed by atoms with E-state index in [4.69, 9.17) is 22.7 Å². The van der Waals surface area contributed by atoms with Gasteiger partial charge in [-0.2, -0.15) is 0 Å². The lowest BCUT2D eigenvalue weighted by Crippen LogP contribution is -2.08. The van der Waals surface area contributed by atoms with Crippen LogP contribution in [0.3, 0.4) is 0 Å². The number of ether oxygens (including phenoxy) is 1. The second-order valence-electron chi connectivity index (χ2n) is 4.94. The van der Waals surface area contributed by atoms with Gasteiger partial charge in [-0.25, -0.2) is 0 Å². The average Bonchev–Trinajstić information content (AvgIpc) is 2.27. The normalized spacial score (nSPS) is 10.7. The summed E-state index contributed by atoms with van der Waals surface area (Å²) in [5.74, 6) is 1.51. The number of hydrogen-bond acceptors (Lipinski definition) is 2. The third kappa shape index (κ3) is 5.05. The molecule has 0 radical (unpaired) electrons. The van der Waals surface area contributed by atoms with Crippen molar-refractivity contribution in [3.8, 4) is 5.75 Å². The Morgan fingerprint density at radius 1 is 1.33 bits per heavy atom. The summed E-state index contributed by atoms with van der Waals surface area (Å²) in [5.41, 5.74) is 8.12. The molecule has 1 aromatic carbocycles. The van der Waals surface area contributed by atoms with E-state index in [1.54, 1.807) is 0 Å². The molecule has 0 aliphatic rings. The minimum atomic E-state index is 0.560. The molecule has 0 aromatic heterocycles. The molecule has 0 bridgehead atoms. The number of unbranched alkanes of at least 4 members (excludes halogenated alkanes) is 1. The maximum Gasteiger partial charge on any atom is 0.119 e. The molecule has 2 nitrogen and oxygen atoms in total. The van der Waals surface area contributed by atoms with Gasteiger partial charge in [-0.3, -0.25) is 0 Å². The van der Waals surface area contributed by atoms with E-state index in [0.29, 0.717) is 10.9 Å².